The van der Waals surface area contributed by atoms with E-state index in [0.29, 0.717) is 5.89 Å². The molecule has 4 nitrogen and oxygen atoms in total. The van der Waals surface area contributed by atoms with Gasteiger partial charge < -0.3 is 8.98 Å². The van der Waals surface area contributed by atoms with E-state index in [9.17, 15) is 0 Å². The van der Waals surface area contributed by atoms with E-state index in [4.69, 9.17) is 9.40 Å². The molecule has 3 aromatic heterocycles. The molecule has 0 N–H and O–H groups in total. The van der Waals surface area contributed by atoms with E-state index >= 15 is 0 Å². The van der Waals surface area contributed by atoms with Gasteiger partial charge >= 0.3 is 0 Å². The molecular formula is C54H35N3O. The lowest BCUT2D eigenvalue weighted by Gasteiger charge is -2.11. The molecule has 11 rings (SSSR count). The quantitative estimate of drug-likeness (QED) is 0.163. The summed E-state index contributed by atoms with van der Waals surface area (Å²) in [5, 5.41) is 2.33. The van der Waals surface area contributed by atoms with Crippen LogP contribution in [0.1, 0.15) is 0 Å². The predicted octanol–water partition coefficient (Wildman–Crippen LogP) is 14.3. The molecule has 11 aromatic rings. The van der Waals surface area contributed by atoms with E-state index in [0.717, 1.165) is 61.2 Å². The maximum Gasteiger partial charge on any atom is 0.227 e. The van der Waals surface area contributed by atoms with Gasteiger partial charge in [0.05, 0.1) is 16.7 Å². The molecule has 0 saturated carbocycles. The zero-order valence-electron chi connectivity index (χ0n) is 31.5. The molecule has 8 aromatic carbocycles. The standard InChI is InChI=1S/C54H35N3O/c1-3-10-36(11-4-1)38-17-21-40(22-18-38)42-27-30-51-48(33-42)47-28-25-45(34-52(47)57(51)46-15-9-14-44(32-46)49-16-7-8-31-55-49)54-56-50-29-26-43(35-53(50)58-54)41-23-19-39(20-24-41)37-12-5-2-6-13-37/h1-35H. The molecule has 0 bridgehead atoms. The molecule has 0 aliphatic heterocycles. The van der Waals surface area contributed by atoms with Crippen LogP contribution in [0.15, 0.2) is 217 Å². The number of benzene rings is 8. The van der Waals surface area contributed by atoms with Crippen molar-refractivity contribution in [1.29, 1.82) is 0 Å². The molecule has 0 amide bonds. The Morgan fingerprint density at radius 2 is 0.931 bits per heavy atom. The lowest BCUT2D eigenvalue weighted by Crippen LogP contribution is -1.95. The number of fused-ring (bicyclic) bond motifs is 4. The van der Waals surface area contributed by atoms with Crippen LogP contribution in [0, 0.1) is 0 Å². The molecule has 272 valence electrons. The van der Waals surface area contributed by atoms with E-state index in [-0.39, 0.29) is 0 Å². The highest BCUT2D eigenvalue weighted by Crippen LogP contribution is 2.39. The molecule has 0 saturated heterocycles. The lowest BCUT2D eigenvalue weighted by molar-refractivity contribution is 0.620. The number of aromatic nitrogens is 3. The van der Waals surface area contributed by atoms with Crippen LogP contribution < -0.4 is 0 Å². The van der Waals surface area contributed by atoms with Crippen LogP contribution >= 0.6 is 0 Å². The van der Waals surface area contributed by atoms with Crippen LogP contribution in [-0.2, 0) is 0 Å². The van der Waals surface area contributed by atoms with Gasteiger partial charge in [0.15, 0.2) is 5.58 Å². The largest absolute Gasteiger partial charge is 0.436 e. The fourth-order valence-corrected chi connectivity index (χ4v) is 8.15. The lowest BCUT2D eigenvalue weighted by atomic mass is 9.99. The highest BCUT2D eigenvalue weighted by atomic mass is 16.3. The number of nitrogens with zero attached hydrogens (tertiary/aromatic N) is 3. The molecule has 0 radical (unpaired) electrons. The average molecular weight is 742 g/mol. The normalized spacial score (nSPS) is 11.4. The molecule has 0 atom stereocenters. The Kier molecular flexibility index (Phi) is 8.11. The Morgan fingerprint density at radius 1 is 0.362 bits per heavy atom. The maximum absolute atomic E-state index is 6.54. The van der Waals surface area contributed by atoms with Crippen molar-refractivity contribution in [2.75, 3.05) is 0 Å². The maximum atomic E-state index is 6.54. The summed E-state index contributed by atoms with van der Waals surface area (Å²) >= 11 is 0. The number of rotatable bonds is 7. The Hall–Kier alpha value is -7.82. The van der Waals surface area contributed by atoms with Crippen molar-refractivity contribution < 1.29 is 4.42 Å². The molecule has 0 spiro atoms. The van der Waals surface area contributed by atoms with Crippen LogP contribution in [0.2, 0.25) is 0 Å². The smallest absolute Gasteiger partial charge is 0.227 e. The molecule has 0 fully saturated rings. The van der Waals surface area contributed by atoms with Crippen molar-refractivity contribution in [3.63, 3.8) is 0 Å². The second-order valence-electron chi connectivity index (χ2n) is 14.7. The van der Waals surface area contributed by atoms with Crippen molar-refractivity contribution in [1.82, 2.24) is 14.5 Å². The van der Waals surface area contributed by atoms with Gasteiger partial charge in [-0.05, 0) is 105 Å². The van der Waals surface area contributed by atoms with Crippen molar-refractivity contribution in [2.45, 2.75) is 0 Å². The molecule has 0 unspecified atom stereocenters. The van der Waals surface area contributed by atoms with Gasteiger partial charge in [-0.15, -0.1) is 0 Å². The number of pyridine rings is 1. The molecule has 0 aliphatic rings. The topological polar surface area (TPSA) is 43.9 Å². The van der Waals surface area contributed by atoms with E-state index in [1.165, 1.54) is 38.8 Å². The van der Waals surface area contributed by atoms with Gasteiger partial charge in [0.25, 0.3) is 0 Å². The van der Waals surface area contributed by atoms with Crippen molar-refractivity contribution in [2.24, 2.45) is 0 Å². The predicted molar refractivity (Wildman–Crippen MR) is 239 cm³/mol. The third-order valence-corrected chi connectivity index (χ3v) is 11.1. The fourth-order valence-electron chi connectivity index (χ4n) is 8.15. The summed E-state index contributed by atoms with van der Waals surface area (Å²) in [5.74, 6) is 0.590. The Morgan fingerprint density at radius 3 is 1.60 bits per heavy atom. The first kappa shape index (κ1) is 33.5. The molecule has 58 heavy (non-hydrogen) atoms. The van der Waals surface area contributed by atoms with E-state index in [2.05, 4.69) is 198 Å². The van der Waals surface area contributed by atoms with Gasteiger partial charge in [0.1, 0.15) is 5.52 Å². The number of hydrogen-bond donors (Lipinski definition) is 0. The minimum Gasteiger partial charge on any atom is -0.436 e. The summed E-state index contributed by atoms with van der Waals surface area (Å²) in [5.41, 5.74) is 17.1. The average Bonchev–Trinajstić information content (AvgIpc) is 3.88. The first-order valence-electron chi connectivity index (χ1n) is 19.5. The third-order valence-electron chi connectivity index (χ3n) is 11.1. The van der Waals surface area contributed by atoms with E-state index in [1.807, 2.05) is 24.4 Å². The Labute approximate surface area is 336 Å². The highest BCUT2D eigenvalue weighted by molar-refractivity contribution is 6.11. The molecule has 0 aliphatic carbocycles. The second-order valence-corrected chi connectivity index (χ2v) is 14.7. The first-order chi connectivity index (χ1) is 28.7. The van der Waals surface area contributed by atoms with Crippen LogP contribution in [-0.4, -0.2) is 14.5 Å². The number of hydrogen-bond acceptors (Lipinski definition) is 3. The summed E-state index contributed by atoms with van der Waals surface area (Å²) in [6, 6.07) is 72.8. The van der Waals surface area contributed by atoms with Crippen LogP contribution in [0.25, 0.3) is 106 Å². The third kappa shape index (κ3) is 6.05. The van der Waals surface area contributed by atoms with Crippen molar-refractivity contribution in [3.8, 4) is 72.9 Å². The van der Waals surface area contributed by atoms with Gasteiger partial charge in [-0.3, -0.25) is 4.98 Å². The summed E-state index contributed by atoms with van der Waals surface area (Å²) in [6.45, 7) is 0. The number of oxazole rings is 1. The SMILES string of the molecule is c1ccc(-c2ccc(-c3ccc4nc(-c5ccc6c7cc(-c8ccc(-c9ccccc9)cc8)ccc7n(-c7cccc(-c8ccccn8)c7)c6c5)oc4c3)cc2)cc1. The van der Waals surface area contributed by atoms with Gasteiger partial charge in [-0.1, -0.05) is 146 Å². The Balaban J connectivity index is 1.01. The first-order valence-corrected chi connectivity index (χ1v) is 19.5. The zero-order valence-corrected chi connectivity index (χ0v) is 31.5. The van der Waals surface area contributed by atoms with Crippen LogP contribution in [0.4, 0.5) is 0 Å². The minimum atomic E-state index is 0.590. The van der Waals surface area contributed by atoms with Crippen LogP contribution in [0.3, 0.4) is 0 Å². The van der Waals surface area contributed by atoms with Gasteiger partial charge in [-0.2, -0.15) is 0 Å². The molecule has 4 heteroatoms. The monoisotopic (exact) mass is 741 g/mol. The summed E-state index contributed by atoms with van der Waals surface area (Å²) in [7, 11) is 0. The molecular weight excluding hydrogens is 707 g/mol. The van der Waals surface area contributed by atoms with Gasteiger partial charge in [0.2, 0.25) is 5.89 Å². The summed E-state index contributed by atoms with van der Waals surface area (Å²) < 4.78 is 8.89. The highest BCUT2D eigenvalue weighted by Gasteiger charge is 2.18. The molecule has 3 heterocycles. The fraction of sp³-hybridized carbons (Fsp3) is 0. The van der Waals surface area contributed by atoms with Crippen molar-refractivity contribution >= 4 is 32.9 Å². The second kappa shape index (κ2) is 14.0. The van der Waals surface area contributed by atoms with E-state index in [1.54, 1.807) is 0 Å². The van der Waals surface area contributed by atoms with Crippen molar-refractivity contribution in [3.05, 3.63) is 212 Å². The van der Waals surface area contributed by atoms with E-state index < -0.39 is 0 Å². The van der Waals surface area contributed by atoms with Gasteiger partial charge in [0, 0.05) is 33.8 Å². The summed E-state index contributed by atoms with van der Waals surface area (Å²) in [6.07, 6.45) is 1.84. The summed E-state index contributed by atoms with van der Waals surface area (Å²) in [4.78, 5) is 9.64. The zero-order chi connectivity index (χ0) is 38.4. The minimum absolute atomic E-state index is 0.590. The van der Waals surface area contributed by atoms with Crippen LogP contribution in [0.5, 0.6) is 0 Å². The van der Waals surface area contributed by atoms with Gasteiger partial charge in [-0.25, -0.2) is 4.98 Å². The Bertz CT molecular complexity index is 3240.